The molecule has 0 radical (unpaired) electrons. The fourth-order valence-electron chi connectivity index (χ4n) is 4.22. The van der Waals surface area contributed by atoms with Crippen LogP contribution in [-0.4, -0.2) is 52.2 Å². The number of hydrogen-bond donors (Lipinski definition) is 1. The van der Waals surface area contributed by atoms with Gasteiger partial charge in [-0.15, -0.1) is 5.10 Å². The van der Waals surface area contributed by atoms with Crippen LogP contribution in [0.25, 0.3) is 10.9 Å². The van der Waals surface area contributed by atoms with E-state index in [2.05, 4.69) is 10.4 Å². The first kappa shape index (κ1) is 27.1. The molecule has 0 unspecified atom stereocenters. The normalized spacial score (nSPS) is 12.2. The summed E-state index contributed by atoms with van der Waals surface area (Å²) in [5.41, 5.74) is 2.90. The molecule has 39 heavy (non-hydrogen) atoms. The molecule has 5 rings (SSSR count). The van der Waals surface area contributed by atoms with Crippen LogP contribution in [0.5, 0.6) is 17.4 Å². The lowest BCUT2D eigenvalue weighted by molar-refractivity contribution is -0.384. The molecule has 2 heterocycles. The SMILES string of the molecule is COc1ccc2c(c1)c(OCC(=O)c1ccc3c(c1)CCC(=O)N3)nn2CCOc1ccc([N+](=O)[O-])cc1.O. The third-order valence-corrected chi connectivity index (χ3v) is 6.21. The van der Waals surface area contributed by atoms with Crippen molar-refractivity contribution in [3.05, 3.63) is 81.9 Å². The average Bonchev–Trinajstić information content (AvgIpc) is 3.28. The number of amides is 1. The Kier molecular flexibility index (Phi) is 8.06. The van der Waals surface area contributed by atoms with Gasteiger partial charge in [-0.3, -0.25) is 24.4 Å². The third-order valence-electron chi connectivity index (χ3n) is 6.21. The second-order valence-corrected chi connectivity index (χ2v) is 8.64. The number of aryl methyl sites for hydroxylation is 1. The Morgan fingerprint density at radius 2 is 1.82 bits per heavy atom. The molecule has 0 saturated heterocycles. The highest BCUT2D eigenvalue weighted by molar-refractivity contribution is 6.00. The quantitative estimate of drug-likeness (QED) is 0.184. The van der Waals surface area contributed by atoms with Gasteiger partial charge in [-0.1, -0.05) is 0 Å². The maximum Gasteiger partial charge on any atom is 0.269 e. The van der Waals surface area contributed by atoms with Crippen molar-refractivity contribution in [2.24, 2.45) is 0 Å². The molecule has 1 aromatic heterocycles. The first-order chi connectivity index (χ1) is 18.4. The number of aromatic nitrogens is 2. The summed E-state index contributed by atoms with van der Waals surface area (Å²) in [5, 5.41) is 18.9. The molecule has 202 valence electrons. The highest BCUT2D eigenvalue weighted by Gasteiger charge is 2.19. The van der Waals surface area contributed by atoms with E-state index in [0.29, 0.717) is 41.8 Å². The van der Waals surface area contributed by atoms with Gasteiger partial charge in [0, 0.05) is 29.8 Å². The van der Waals surface area contributed by atoms with Crippen LogP contribution in [0.15, 0.2) is 60.7 Å². The number of hydrogen-bond acceptors (Lipinski definition) is 8. The van der Waals surface area contributed by atoms with Crippen molar-refractivity contribution in [1.82, 2.24) is 9.78 Å². The molecule has 0 atom stereocenters. The van der Waals surface area contributed by atoms with Crippen LogP contribution in [0.1, 0.15) is 22.3 Å². The molecule has 1 aliphatic rings. The number of benzene rings is 3. The van der Waals surface area contributed by atoms with Gasteiger partial charge in [-0.05, 0) is 60.5 Å². The highest BCUT2D eigenvalue weighted by Crippen LogP contribution is 2.30. The number of carbonyl (C=O) groups is 2. The molecule has 3 aromatic carbocycles. The fraction of sp³-hybridized carbons (Fsp3) is 0.222. The van der Waals surface area contributed by atoms with Crippen LogP contribution in [-0.2, 0) is 17.8 Å². The molecule has 0 aliphatic carbocycles. The van der Waals surface area contributed by atoms with E-state index in [0.717, 1.165) is 16.8 Å². The number of nitrogens with one attached hydrogen (secondary N) is 1. The second-order valence-electron chi connectivity index (χ2n) is 8.64. The molecule has 1 aliphatic heterocycles. The van der Waals surface area contributed by atoms with Crippen LogP contribution in [0.2, 0.25) is 0 Å². The smallest absolute Gasteiger partial charge is 0.269 e. The number of nitro groups is 1. The van der Waals surface area contributed by atoms with E-state index in [1.807, 2.05) is 6.07 Å². The predicted octanol–water partition coefficient (Wildman–Crippen LogP) is 3.35. The van der Waals surface area contributed by atoms with Gasteiger partial charge < -0.3 is 25.0 Å². The Labute approximate surface area is 222 Å². The number of carbonyl (C=O) groups excluding carboxylic acids is 2. The first-order valence-corrected chi connectivity index (χ1v) is 11.9. The minimum Gasteiger partial charge on any atom is -0.497 e. The molecule has 0 saturated carbocycles. The number of rotatable bonds is 10. The predicted molar refractivity (Wildman–Crippen MR) is 142 cm³/mol. The van der Waals surface area contributed by atoms with Crippen LogP contribution in [0.4, 0.5) is 11.4 Å². The van der Waals surface area contributed by atoms with Crippen LogP contribution in [0.3, 0.4) is 0 Å². The number of anilines is 1. The van der Waals surface area contributed by atoms with Crippen molar-refractivity contribution in [3.63, 3.8) is 0 Å². The minimum atomic E-state index is -0.467. The summed E-state index contributed by atoms with van der Waals surface area (Å²) in [6.07, 6.45) is 0.972. The van der Waals surface area contributed by atoms with Crippen LogP contribution >= 0.6 is 0 Å². The van der Waals surface area contributed by atoms with E-state index >= 15 is 0 Å². The van der Waals surface area contributed by atoms with E-state index in [-0.39, 0.29) is 41.9 Å². The Hall–Kier alpha value is -4.97. The van der Waals surface area contributed by atoms with E-state index in [4.69, 9.17) is 14.2 Å². The van der Waals surface area contributed by atoms with E-state index < -0.39 is 4.92 Å². The average molecular weight is 535 g/mol. The van der Waals surface area contributed by atoms with Gasteiger partial charge in [0.25, 0.3) is 5.69 Å². The van der Waals surface area contributed by atoms with Gasteiger partial charge >= 0.3 is 0 Å². The molecule has 12 heteroatoms. The molecule has 0 spiro atoms. The van der Waals surface area contributed by atoms with Crippen molar-refractivity contribution < 1.29 is 34.2 Å². The van der Waals surface area contributed by atoms with Gasteiger partial charge in [0.1, 0.15) is 18.1 Å². The summed E-state index contributed by atoms with van der Waals surface area (Å²) in [6, 6.07) is 16.5. The Morgan fingerprint density at radius 1 is 1.05 bits per heavy atom. The summed E-state index contributed by atoms with van der Waals surface area (Å²) in [4.78, 5) is 34.8. The van der Waals surface area contributed by atoms with Crippen molar-refractivity contribution in [2.45, 2.75) is 19.4 Å². The number of nitro benzene ring substituents is 1. The van der Waals surface area contributed by atoms with E-state index in [1.165, 1.54) is 12.1 Å². The Bertz CT molecular complexity index is 1530. The molecule has 12 nitrogen and oxygen atoms in total. The van der Waals surface area contributed by atoms with Gasteiger partial charge in [0.05, 0.1) is 29.5 Å². The van der Waals surface area contributed by atoms with E-state index in [1.54, 1.807) is 54.3 Å². The minimum absolute atomic E-state index is 0. The summed E-state index contributed by atoms with van der Waals surface area (Å²) < 4.78 is 18.6. The summed E-state index contributed by atoms with van der Waals surface area (Å²) in [6.45, 7) is 0.409. The fourth-order valence-corrected chi connectivity index (χ4v) is 4.22. The Balaban J connectivity index is 0.00000353. The first-order valence-electron chi connectivity index (χ1n) is 11.9. The van der Waals surface area contributed by atoms with Gasteiger partial charge in [0.2, 0.25) is 11.8 Å². The molecule has 3 N–H and O–H groups in total. The van der Waals surface area contributed by atoms with Crippen LogP contribution < -0.4 is 19.5 Å². The van der Waals surface area contributed by atoms with Crippen molar-refractivity contribution >= 4 is 34.0 Å². The van der Waals surface area contributed by atoms with Crippen molar-refractivity contribution in [1.29, 1.82) is 0 Å². The molecule has 1 amide bonds. The van der Waals surface area contributed by atoms with Gasteiger partial charge in [0.15, 0.2) is 12.4 Å². The number of methoxy groups -OCH3 is 1. The third kappa shape index (κ3) is 5.96. The second kappa shape index (κ2) is 11.6. The van der Waals surface area contributed by atoms with Gasteiger partial charge in [-0.2, -0.15) is 0 Å². The zero-order valence-corrected chi connectivity index (χ0v) is 21.0. The topological polar surface area (TPSA) is 166 Å². The number of Topliss-reactive ketones (excluding diaryl/α,β-unsaturated/α-hetero) is 1. The molecular formula is C27H26N4O8. The lowest BCUT2D eigenvalue weighted by atomic mass is 9.99. The highest BCUT2D eigenvalue weighted by atomic mass is 16.6. The lowest BCUT2D eigenvalue weighted by Crippen LogP contribution is -2.20. The monoisotopic (exact) mass is 534 g/mol. The lowest BCUT2D eigenvalue weighted by Gasteiger charge is -2.17. The number of ether oxygens (including phenoxy) is 3. The number of ketones is 1. The van der Waals surface area contributed by atoms with Crippen molar-refractivity contribution in [3.8, 4) is 17.4 Å². The number of non-ortho nitro benzene ring substituents is 1. The summed E-state index contributed by atoms with van der Waals surface area (Å²) in [5.74, 6) is 1.16. The molecule has 4 aromatic rings. The van der Waals surface area contributed by atoms with Crippen LogP contribution in [0, 0.1) is 10.1 Å². The summed E-state index contributed by atoms with van der Waals surface area (Å²) in [7, 11) is 1.56. The Morgan fingerprint density at radius 3 is 2.56 bits per heavy atom. The van der Waals surface area contributed by atoms with E-state index in [9.17, 15) is 19.7 Å². The standard InChI is InChI=1S/C27H24N4O7.H2O/c1-36-21-8-10-24-22(15-21)27(29-30(24)12-13-37-20-6-4-19(5-7-20)31(34)35)38-16-25(32)18-2-9-23-17(14-18)3-11-26(33)28-23;/h2,4-10,14-15H,3,11-13,16H2,1H3,(H,28,33);1H2. The maximum absolute atomic E-state index is 12.9. The maximum atomic E-state index is 12.9. The van der Waals surface area contributed by atoms with Crippen molar-refractivity contribution in [2.75, 3.05) is 25.6 Å². The molecular weight excluding hydrogens is 508 g/mol. The largest absolute Gasteiger partial charge is 0.497 e. The summed E-state index contributed by atoms with van der Waals surface area (Å²) >= 11 is 0. The van der Waals surface area contributed by atoms with Gasteiger partial charge in [-0.25, -0.2) is 0 Å². The molecule has 0 bridgehead atoms. The molecule has 0 fully saturated rings. The number of fused-ring (bicyclic) bond motifs is 2. The zero-order chi connectivity index (χ0) is 26.6. The number of nitrogens with zero attached hydrogens (tertiary/aromatic N) is 3. The zero-order valence-electron chi connectivity index (χ0n) is 21.0.